The monoisotopic (exact) mass is 298 g/mol. The third kappa shape index (κ3) is 3.87. The number of nitrogens with one attached hydrogen (secondary N) is 1. The van der Waals surface area contributed by atoms with Crippen LogP contribution in [-0.4, -0.2) is 53.4 Å². The van der Waals surface area contributed by atoms with Crippen molar-refractivity contribution in [3.8, 4) is 0 Å². The lowest BCUT2D eigenvalue weighted by Gasteiger charge is -2.35. The number of carbonyl (C=O) groups is 2. The third-order valence-corrected chi connectivity index (χ3v) is 5.00. The third-order valence-electron chi connectivity index (χ3n) is 5.00. The van der Waals surface area contributed by atoms with Crippen LogP contribution in [-0.2, 0) is 4.79 Å². The van der Waals surface area contributed by atoms with Crippen LogP contribution in [0.4, 0.5) is 4.79 Å². The van der Waals surface area contributed by atoms with Gasteiger partial charge in [0.15, 0.2) is 0 Å². The minimum absolute atomic E-state index is 0.169. The van der Waals surface area contributed by atoms with Crippen LogP contribution in [0, 0.1) is 11.3 Å². The summed E-state index contributed by atoms with van der Waals surface area (Å²) in [6.07, 6.45) is 5.85. The Morgan fingerprint density at radius 1 is 1.14 bits per heavy atom. The van der Waals surface area contributed by atoms with Gasteiger partial charge in [-0.05, 0) is 31.6 Å². The SMILES string of the molecule is O=C(NCC1(C(=O)O)CCCCC1)N1CCC(CO)CC1. The molecule has 21 heavy (non-hydrogen) atoms. The molecule has 6 heteroatoms. The average Bonchev–Trinajstić information content (AvgIpc) is 2.53. The highest BCUT2D eigenvalue weighted by molar-refractivity contribution is 5.78. The van der Waals surface area contributed by atoms with Crippen LogP contribution in [0.1, 0.15) is 44.9 Å². The van der Waals surface area contributed by atoms with E-state index in [1.165, 1.54) is 0 Å². The molecule has 1 saturated carbocycles. The van der Waals surface area contributed by atoms with Gasteiger partial charge in [0.05, 0.1) is 5.41 Å². The number of nitrogens with zero attached hydrogens (tertiary/aromatic N) is 1. The molecule has 1 heterocycles. The van der Waals surface area contributed by atoms with Gasteiger partial charge in [0, 0.05) is 26.2 Å². The summed E-state index contributed by atoms with van der Waals surface area (Å²) in [5.74, 6) is -0.501. The molecule has 0 bridgehead atoms. The number of hydrogen-bond donors (Lipinski definition) is 3. The summed E-state index contributed by atoms with van der Waals surface area (Å²) in [5.41, 5.74) is -0.780. The Bertz CT molecular complexity index is 372. The number of hydrogen-bond acceptors (Lipinski definition) is 3. The number of likely N-dealkylation sites (tertiary alicyclic amines) is 1. The van der Waals surface area contributed by atoms with Crippen molar-refractivity contribution in [3.05, 3.63) is 0 Å². The van der Waals surface area contributed by atoms with Crippen LogP contribution in [0.5, 0.6) is 0 Å². The highest BCUT2D eigenvalue weighted by Crippen LogP contribution is 2.36. The van der Waals surface area contributed by atoms with Gasteiger partial charge in [0.1, 0.15) is 0 Å². The summed E-state index contributed by atoms with van der Waals surface area (Å²) < 4.78 is 0. The second kappa shape index (κ2) is 7.11. The zero-order chi connectivity index (χ0) is 15.3. The van der Waals surface area contributed by atoms with Crippen molar-refractivity contribution >= 4 is 12.0 Å². The maximum absolute atomic E-state index is 12.2. The molecule has 0 aromatic carbocycles. The van der Waals surface area contributed by atoms with Crippen LogP contribution in [0.25, 0.3) is 0 Å². The van der Waals surface area contributed by atoms with Gasteiger partial charge in [-0.15, -0.1) is 0 Å². The highest BCUT2D eigenvalue weighted by Gasteiger charge is 2.40. The van der Waals surface area contributed by atoms with Crippen molar-refractivity contribution in [1.29, 1.82) is 0 Å². The van der Waals surface area contributed by atoms with Gasteiger partial charge in [-0.3, -0.25) is 4.79 Å². The van der Waals surface area contributed by atoms with E-state index in [-0.39, 0.29) is 25.1 Å². The van der Waals surface area contributed by atoms with Gasteiger partial charge in [-0.1, -0.05) is 19.3 Å². The molecule has 0 unspecified atom stereocenters. The molecule has 6 nitrogen and oxygen atoms in total. The Morgan fingerprint density at radius 3 is 2.29 bits per heavy atom. The summed E-state index contributed by atoms with van der Waals surface area (Å²) >= 11 is 0. The number of rotatable bonds is 4. The fourth-order valence-corrected chi connectivity index (χ4v) is 3.37. The fourth-order valence-electron chi connectivity index (χ4n) is 3.37. The molecule has 2 aliphatic rings. The van der Waals surface area contributed by atoms with Crippen molar-refractivity contribution in [3.63, 3.8) is 0 Å². The average molecular weight is 298 g/mol. The predicted octanol–water partition coefficient (Wildman–Crippen LogP) is 1.44. The van der Waals surface area contributed by atoms with E-state index >= 15 is 0 Å². The number of carboxylic acid groups (broad SMARTS) is 1. The van der Waals surface area contributed by atoms with E-state index in [4.69, 9.17) is 5.11 Å². The molecular weight excluding hydrogens is 272 g/mol. The Balaban J connectivity index is 1.83. The van der Waals surface area contributed by atoms with Gasteiger partial charge in [0.2, 0.25) is 0 Å². The summed E-state index contributed by atoms with van der Waals surface area (Å²) in [5, 5.41) is 21.4. The van der Waals surface area contributed by atoms with Crippen LogP contribution >= 0.6 is 0 Å². The van der Waals surface area contributed by atoms with Crippen molar-refractivity contribution in [2.45, 2.75) is 44.9 Å². The van der Waals surface area contributed by atoms with Crippen LogP contribution < -0.4 is 5.32 Å². The van der Waals surface area contributed by atoms with Gasteiger partial charge >= 0.3 is 12.0 Å². The summed E-state index contributed by atoms with van der Waals surface area (Å²) in [6.45, 7) is 1.67. The largest absolute Gasteiger partial charge is 0.481 e. The van der Waals surface area contributed by atoms with E-state index in [0.29, 0.717) is 25.9 Å². The molecular formula is C15H26N2O4. The molecule has 0 radical (unpaired) electrons. The quantitative estimate of drug-likeness (QED) is 0.732. The first-order valence-corrected chi connectivity index (χ1v) is 7.94. The lowest BCUT2D eigenvalue weighted by molar-refractivity contribution is -0.150. The summed E-state index contributed by atoms with van der Waals surface area (Å²) in [4.78, 5) is 25.4. The highest BCUT2D eigenvalue weighted by atomic mass is 16.4. The first kappa shape index (κ1) is 16.1. The van der Waals surface area contributed by atoms with E-state index in [1.807, 2.05) is 0 Å². The zero-order valence-corrected chi connectivity index (χ0v) is 12.5. The number of piperidine rings is 1. The number of amides is 2. The molecule has 0 atom stereocenters. The normalized spacial score (nSPS) is 22.8. The summed E-state index contributed by atoms with van der Waals surface area (Å²) in [6, 6.07) is -0.169. The minimum atomic E-state index is -0.790. The molecule has 120 valence electrons. The maximum Gasteiger partial charge on any atom is 0.317 e. The fraction of sp³-hybridized carbons (Fsp3) is 0.867. The van der Waals surface area contributed by atoms with Crippen molar-refractivity contribution < 1.29 is 19.8 Å². The maximum atomic E-state index is 12.2. The van der Waals surface area contributed by atoms with E-state index < -0.39 is 11.4 Å². The van der Waals surface area contributed by atoms with Crippen molar-refractivity contribution in [1.82, 2.24) is 10.2 Å². The smallest absolute Gasteiger partial charge is 0.317 e. The molecule has 2 amide bonds. The number of carboxylic acids is 1. The van der Waals surface area contributed by atoms with Crippen LogP contribution in [0.3, 0.4) is 0 Å². The standard InChI is InChI=1S/C15H26N2O4/c18-10-12-4-8-17(9-5-12)14(21)16-11-15(13(19)20)6-2-1-3-7-15/h12,18H,1-11H2,(H,16,21)(H,19,20). The van der Waals surface area contributed by atoms with Crippen LogP contribution in [0.2, 0.25) is 0 Å². The Kier molecular flexibility index (Phi) is 5.45. The van der Waals surface area contributed by atoms with Gasteiger partial charge in [0.25, 0.3) is 0 Å². The lowest BCUT2D eigenvalue weighted by atomic mass is 9.74. The topological polar surface area (TPSA) is 89.9 Å². The van der Waals surface area contributed by atoms with E-state index in [1.54, 1.807) is 4.90 Å². The predicted molar refractivity (Wildman–Crippen MR) is 77.9 cm³/mol. The molecule has 2 rings (SSSR count). The zero-order valence-electron chi connectivity index (χ0n) is 12.5. The van der Waals surface area contributed by atoms with Gasteiger partial charge in [-0.25, -0.2) is 4.79 Å². The number of carbonyl (C=O) groups excluding carboxylic acids is 1. The van der Waals surface area contributed by atoms with Crippen molar-refractivity contribution in [2.24, 2.45) is 11.3 Å². The van der Waals surface area contributed by atoms with E-state index in [9.17, 15) is 14.7 Å². The minimum Gasteiger partial charge on any atom is -0.481 e. The molecule has 1 aliphatic carbocycles. The Hall–Kier alpha value is -1.30. The van der Waals surface area contributed by atoms with Gasteiger partial charge in [-0.2, -0.15) is 0 Å². The summed E-state index contributed by atoms with van der Waals surface area (Å²) in [7, 11) is 0. The number of urea groups is 1. The van der Waals surface area contributed by atoms with E-state index in [0.717, 1.165) is 32.1 Å². The number of aliphatic hydroxyl groups is 1. The number of aliphatic carboxylic acids is 1. The van der Waals surface area contributed by atoms with E-state index in [2.05, 4.69) is 5.32 Å². The molecule has 0 aromatic heterocycles. The van der Waals surface area contributed by atoms with Crippen molar-refractivity contribution in [2.75, 3.05) is 26.2 Å². The van der Waals surface area contributed by atoms with Crippen LogP contribution in [0.15, 0.2) is 0 Å². The Morgan fingerprint density at radius 2 is 1.76 bits per heavy atom. The second-order valence-corrected chi connectivity index (χ2v) is 6.42. The molecule has 0 aromatic rings. The second-order valence-electron chi connectivity index (χ2n) is 6.42. The lowest BCUT2D eigenvalue weighted by Crippen LogP contribution is -2.50. The number of aliphatic hydroxyl groups excluding tert-OH is 1. The molecule has 0 spiro atoms. The first-order chi connectivity index (χ1) is 10.1. The molecule has 1 saturated heterocycles. The molecule has 3 N–H and O–H groups in total. The van der Waals surface area contributed by atoms with Gasteiger partial charge < -0.3 is 20.4 Å². The molecule has 1 aliphatic heterocycles. The molecule has 2 fully saturated rings. The Labute approximate surface area is 125 Å². The first-order valence-electron chi connectivity index (χ1n) is 7.94.